The van der Waals surface area contributed by atoms with E-state index in [0.29, 0.717) is 17.9 Å². The van der Waals surface area contributed by atoms with Crippen LogP contribution in [0.3, 0.4) is 0 Å². The lowest BCUT2D eigenvalue weighted by atomic mass is 10.2. The molecule has 2 aromatic rings. The Morgan fingerprint density at radius 1 is 1.47 bits per heavy atom. The minimum atomic E-state index is -0.285. The van der Waals surface area contributed by atoms with Crippen LogP contribution in [-0.2, 0) is 6.54 Å². The lowest BCUT2D eigenvalue weighted by molar-refractivity contribution is 0.101. The number of aromatic nitrogens is 3. The number of Topliss-reactive ketones (excluding diaryl/α,β-unsaturated/α-hetero) is 1. The highest BCUT2D eigenvalue weighted by Gasteiger charge is 2.12. The van der Waals surface area contributed by atoms with Crippen molar-refractivity contribution in [3.05, 3.63) is 47.0 Å². The van der Waals surface area contributed by atoms with Gasteiger partial charge in [-0.1, -0.05) is 17.3 Å². The molecular formula is C12H12FN3O. The highest BCUT2D eigenvalue weighted by molar-refractivity contribution is 5.92. The molecule has 0 saturated carbocycles. The molecular weight excluding hydrogens is 221 g/mol. The summed E-state index contributed by atoms with van der Waals surface area (Å²) in [6.45, 7) is 3.63. The minimum Gasteiger partial charge on any atom is -0.293 e. The number of carbonyl (C=O) groups excluding carboxylic acids is 1. The summed E-state index contributed by atoms with van der Waals surface area (Å²) in [6, 6.07) is 6.27. The maximum Gasteiger partial charge on any atom is 0.181 e. The van der Waals surface area contributed by atoms with Crippen molar-refractivity contribution in [3.63, 3.8) is 0 Å². The Kier molecular flexibility index (Phi) is 2.99. The maximum atomic E-state index is 13.0. The molecule has 0 aliphatic carbocycles. The van der Waals surface area contributed by atoms with Gasteiger partial charge in [0.2, 0.25) is 0 Å². The topological polar surface area (TPSA) is 47.8 Å². The number of nitrogens with zero attached hydrogens (tertiary/aromatic N) is 3. The fourth-order valence-corrected chi connectivity index (χ4v) is 1.64. The summed E-state index contributed by atoms with van der Waals surface area (Å²) >= 11 is 0. The lowest BCUT2D eigenvalue weighted by Crippen LogP contribution is -2.05. The Hall–Kier alpha value is -2.04. The monoisotopic (exact) mass is 233 g/mol. The Morgan fingerprint density at radius 3 is 2.82 bits per heavy atom. The van der Waals surface area contributed by atoms with Crippen LogP contribution in [0.4, 0.5) is 4.39 Å². The zero-order valence-corrected chi connectivity index (χ0v) is 9.64. The smallest absolute Gasteiger partial charge is 0.181 e. The summed E-state index contributed by atoms with van der Waals surface area (Å²) in [5, 5.41) is 7.69. The standard InChI is InChI=1S/C12H12FN3O/c1-8-12(9(2)17)14-15-16(8)7-10-4-3-5-11(13)6-10/h3-6H,7H2,1-2H3. The molecule has 0 spiro atoms. The molecule has 0 aliphatic heterocycles. The fourth-order valence-electron chi connectivity index (χ4n) is 1.64. The first-order valence-electron chi connectivity index (χ1n) is 5.23. The molecule has 0 radical (unpaired) electrons. The second-order valence-electron chi connectivity index (χ2n) is 3.87. The van der Waals surface area contributed by atoms with E-state index in [-0.39, 0.29) is 11.6 Å². The van der Waals surface area contributed by atoms with Crippen LogP contribution >= 0.6 is 0 Å². The average molecular weight is 233 g/mol. The van der Waals surface area contributed by atoms with Crippen LogP contribution in [0.2, 0.25) is 0 Å². The predicted octanol–water partition coefficient (Wildman–Crippen LogP) is 1.98. The second-order valence-corrected chi connectivity index (χ2v) is 3.87. The molecule has 0 amide bonds. The molecule has 5 heteroatoms. The van der Waals surface area contributed by atoms with Crippen LogP contribution < -0.4 is 0 Å². The van der Waals surface area contributed by atoms with E-state index < -0.39 is 0 Å². The summed E-state index contributed by atoms with van der Waals surface area (Å²) in [6.07, 6.45) is 0. The van der Waals surface area contributed by atoms with Gasteiger partial charge in [0.05, 0.1) is 12.2 Å². The maximum absolute atomic E-state index is 13.0. The van der Waals surface area contributed by atoms with Crippen LogP contribution in [0.25, 0.3) is 0 Å². The summed E-state index contributed by atoms with van der Waals surface area (Å²) in [7, 11) is 0. The van der Waals surface area contributed by atoms with Gasteiger partial charge in [-0.15, -0.1) is 5.10 Å². The van der Waals surface area contributed by atoms with Gasteiger partial charge in [-0.25, -0.2) is 9.07 Å². The molecule has 1 aromatic heterocycles. The van der Waals surface area contributed by atoms with Crippen molar-refractivity contribution in [2.45, 2.75) is 20.4 Å². The van der Waals surface area contributed by atoms with Gasteiger partial charge < -0.3 is 0 Å². The van der Waals surface area contributed by atoms with Crippen LogP contribution in [0.5, 0.6) is 0 Å². The molecule has 0 N–H and O–H groups in total. The van der Waals surface area contributed by atoms with Crippen molar-refractivity contribution in [1.82, 2.24) is 15.0 Å². The quantitative estimate of drug-likeness (QED) is 0.761. The van der Waals surface area contributed by atoms with E-state index in [1.165, 1.54) is 19.1 Å². The summed E-state index contributed by atoms with van der Waals surface area (Å²) < 4.78 is 14.6. The van der Waals surface area contributed by atoms with Gasteiger partial charge in [-0.3, -0.25) is 4.79 Å². The number of ketones is 1. The van der Waals surface area contributed by atoms with Crippen LogP contribution in [-0.4, -0.2) is 20.8 Å². The number of hydrogen-bond acceptors (Lipinski definition) is 3. The van der Waals surface area contributed by atoms with Gasteiger partial charge in [-0.2, -0.15) is 0 Å². The van der Waals surface area contributed by atoms with Crippen molar-refractivity contribution in [2.24, 2.45) is 0 Å². The predicted molar refractivity (Wildman–Crippen MR) is 60.3 cm³/mol. The average Bonchev–Trinajstić information content (AvgIpc) is 2.61. The third kappa shape index (κ3) is 2.38. The summed E-state index contributed by atoms with van der Waals surface area (Å²) in [5.41, 5.74) is 1.84. The Bertz CT molecular complexity index is 563. The molecule has 0 fully saturated rings. The van der Waals surface area contributed by atoms with Gasteiger partial charge in [0, 0.05) is 6.92 Å². The molecule has 0 saturated heterocycles. The SMILES string of the molecule is CC(=O)c1nnn(Cc2cccc(F)c2)c1C. The molecule has 88 valence electrons. The van der Waals surface area contributed by atoms with Gasteiger partial charge in [-0.05, 0) is 24.6 Å². The number of benzene rings is 1. The van der Waals surface area contributed by atoms with E-state index >= 15 is 0 Å². The van der Waals surface area contributed by atoms with Crippen molar-refractivity contribution < 1.29 is 9.18 Å². The van der Waals surface area contributed by atoms with E-state index in [1.54, 1.807) is 23.7 Å². The molecule has 0 aliphatic rings. The lowest BCUT2D eigenvalue weighted by Gasteiger charge is -2.03. The van der Waals surface area contributed by atoms with Gasteiger partial charge in [0.15, 0.2) is 11.5 Å². The molecule has 1 heterocycles. The largest absolute Gasteiger partial charge is 0.293 e. The number of halogens is 1. The second kappa shape index (κ2) is 4.45. The van der Waals surface area contributed by atoms with Gasteiger partial charge in [0.25, 0.3) is 0 Å². The van der Waals surface area contributed by atoms with E-state index in [4.69, 9.17) is 0 Å². The van der Waals surface area contributed by atoms with Crippen molar-refractivity contribution in [1.29, 1.82) is 0 Å². The first-order valence-corrected chi connectivity index (χ1v) is 5.23. The van der Waals surface area contributed by atoms with Crippen molar-refractivity contribution >= 4 is 5.78 Å². The molecule has 0 unspecified atom stereocenters. The zero-order chi connectivity index (χ0) is 12.4. The normalized spacial score (nSPS) is 10.5. The molecule has 1 aromatic carbocycles. The molecule has 0 atom stereocenters. The van der Waals surface area contributed by atoms with Gasteiger partial charge in [0.1, 0.15) is 5.82 Å². The molecule has 0 bridgehead atoms. The summed E-state index contributed by atoms with van der Waals surface area (Å²) in [5.74, 6) is -0.403. The van der Waals surface area contributed by atoms with Crippen molar-refractivity contribution in [3.8, 4) is 0 Å². The molecule has 4 nitrogen and oxygen atoms in total. The minimum absolute atomic E-state index is 0.118. The highest BCUT2D eigenvalue weighted by Crippen LogP contribution is 2.09. The Labute approximate surface area is 98.1 Å². The van der Waals surface area contributed by atoms with E-state index in [1.807, 2.05) is 0 Å². The van der Waals surface area contributed by atoms with Gasteiger partial charge >= 0.3 is 0 Å². The third-order valence-electron chi connectivity index (χ3n) is 2.54. The highest BCUT2D eigenvalue weighted by atomic mass is 19.1. The number of carbonyl (C=O) groups is 1. The Morgan fingerprint density at radius 2 is 2.24 bits per heavy atom. The zero-order valence-electron chi connectivity index (χ0n) is 9.64. The molecule has 2 rings (SSSR count). The summed E-state index contributed by atoms with van der Waals surface area (Å²) in [4.78, 5) is 11.2. The van der Waals surface area contributed by atoms with E-state index in [9.17, 15) is 9.18 Å². The number of rotatable bonds is 3. The first-order chi connectivity index (χ1) is 8.08. The Balaban J connectivity index is 2.28. The molecule has 17 heavy (non-hydrogen) atoms. The van der Waals surface area contributed by atoms with E-state index in [2.05, 4.69) is 10.3 Å². The van der Waals surface area contributed by atoms with Crippen LogP contribution in [0.15, 0.2) is 24.3 Å². The fraction of sp³-hybridized carbons (Fsp3) is 0.250. The third-order valence-corrected chi connectivity index (χ3v) is 2.54. The van der Waals surface area contributed by atoms with E-state index in [0.717, 1.165) is 5.56 Å². The first kappa shape index (κ1) is 11.4. The van der Waals surface area contributed by atoms with Crippen LogP contribution in [0.1, 0.15) is 28.7 Å². The van der Waals surface area contributed by atoms with Crippen molar-refractivity contribution in [2.75, 3.05) is 0 Å². The van der Waals surface area contributed by atoms with Crippen LogP contribution in [0, 0.1) is 12.7 Å². The number of hydrogen-bond donors (Lipinski definition) is 0.